The van der Waals surface area contributed by atoms with E-state index in [9.17, 15) is 14.0 Å². The molecule has 30 heavy (non-hydrogen) atoms. The Morgan fingerprint density at radius 1 is 1.23 bits per heavy atom. The second kappa shape index (κ2) is 7.44. The fraction of sp³-hybridized carbons (Fsp3) is 0.318. The van der Waals surface area contributed by atoms with Crippen LogP contribution >= 0.6 is 0 Å². The van der Waals surface area contributed by atoms with Gasteiger partial charge in [-0.1, -0.05) is 6.07 Å². The van der Waals surface area contributed by atoms with Crippen LogP contribution in [0.1, 0.15) is 18.0 Å². The molecule has 1 fully saturated rings. The molecule has 0 saturated carbocycles. The predicted molar refractivity (Wildman–Crippen MR) is 108 cm³/mol. The third-order valence-corrected chi connectivity index (χ3v) is 5.87. The monoisotopic (exact) mass is 408 g/mol. The number of rotatable bonds is 4. The van der Waals surface area contributed by atoms with Crippen LogP contribution in [0.5, 0.6) is 5.75 Å². The molecule has 7 nitrogen and oxygen atoms in total. The number of aromatic nitrogens is 3. The first-order valence-electron chi connectivity index (χ1n) is 9.98. The lowest BCUT2D eigenvalue weighted by molar-refractivity contribution is -0.136. The number of imidazole rings is 1. The number of hydrogen-bond acceptors (Lipinski definition) is 4. The van der Waals surface area contributed by atoms with Crippen LogP contribution in [-0.2, 0) is 11.3 Å². The number of likely N-dealkylation sites (tertiary alicyclic amines) is 1. The summed E-state index contributed by atoms with van der Waals surface area (Å²) in [5.74, 6) is 0.688. The number of benzene rings is 1. The lowest BCUT2D eigenvalue weighted by Gasteiger charge is -2.42. The number of piperidine rings is 1. The van der Waals surface area contributed by atoms with Crippen molar-refractivity contribution in [3.63, 3.8) is 0 Å². The Labute approximate surface area is 172 Å². The Morgan fingerprint density at radius 3 is 2.93 bits per heavy atom. The van der Waals surface area contributed by atoms with Crippen molar-refractivity contribution in [3.05, 3.63) is 70.7 Å². The fourth-order valence-electron chi connectivity index (χ4n) is 4.54. The molecule has 0 radical (unpaired) electrons. The largest absolute Gasteiger partial charge is 0.484 e. The van der Waals surface area contributed by atoms with E-state index in [4.69, 9.17) is 4.74 Å². The van der Waals surface area contributed by atoms with Crippen molar-refractivity contribution in [2.75, 3.05) is 19.7 Å². The lowest BCUT2D eigenvalue weighted by atomic mass is 9.83. The second-order valence-corrected chi connectivity index (χ2v) is 7.87. The highest BCUT2D eigenvalue weighted by Gasteiger charge is 2.36. The third-order valence-electron chi connectivity index (χ3n) is 5.87. The Kier molecular flexibility index (Phi) is 4.61. The number of pyridine rings is 1. The number of fused-ring (bicyclic) bond motifs is 4. The van der Waals surface area contributed by atoms with Gasteiger partial charge in [0.1, 0.15) is 17.4 Å². The number of nitrogens with zero attached hydrogens (tertiary/aromatic N) is 3. The summed E-state index contributed by atoms with van der Waals surface area (Å²) in [6.45, 7) is 1.57. The standard InChI is InChI=1S/C22H21FN4O3/c23-16-2-1-3-17(9-16)30-13-20(28)26-10-14-8-15(12-26)19-5-4-18(21-24-6-7-25-21)22(29)27(19)11-14/h1-7,9,14-15H,8,10-13H2,(H,24,25)/t14-,15+/m0/s1. The maximum atomic E-state index is 13.3. The van der Waals surface area contributed by atoms with Crippen LogP contribution in [0.4, 0.5) is 4.39 Å². The summed E-state index contributed by atoms with van der Waals surface area (Å²) in [4.78, 5) is 34.7. The van der Waals surface area contributed by atoms with E-state index >= 15 is 0 Å². The minimum absolute atomic E-state index is 0.0497. The molecule has 8 heteroatoms. The number of H-pyrrole nitrogens is 1. The zero-order chi connectivity index (χ0) is 20.7. The predicted octanol–water partition coefficient (Wildman–Crippen LogP) is 2.40. The van der Waals surface area contributed by atoms with Crippen LogP contribution in [0.25, 0.3) is 11.4 Å². The van der Waals surface area contributed by atoms with Crippen LogP contribution in [0, 0.1) is 11.7 Å². The number of carbonyl (C=O) groups is 1. The minimum Gasteiger partial charge on any atom is -0.484 e. The van der Waals surface area contributed by atoms with E-state index in [0.717, 1.165) is 12.1 Å². The quantitative estimate of drug-likeness (QED) is 0.719. The summed E-state index contributed by atoms with van der Waals surface area (Å²) >= 11 is 0. The van der Waals surface area contributed by atoms with E-state index in [-0.39, 0.29) is 29.9 Å². The Morgan fingerprint density at radius 2 is 2.13 bits per heavy atom. The van der Waals surface area contributed by atoms with Crippen molar-refractivity contribution in [3.8, 4) is 17.1 Å². The number of halogens is 1. The minimum atomic E-state index is -0.400. The van der Waals surface area contributed by atoms with E-state index in [0.29, 0.717) is 36.8 Å². The molecule has 0 aliphatic carbocycles. The molecule has 2 aliphatic heterocycles. The molecule has 154 valence electrons. The molecule has 2 atom stereocenters. The summed E-state index contributed by atoms with van der Waals surface area (Å²) in [6.07, 6.45) is 4.28. The van der Waals surface area contributed by atoms with Crippen molar-refractivity contribution in [2.45, 2.75) is 18.9 Å². The van der Waals surface area contributed by atoms with Gasteiger partial charge in [-0.25, -0.2) is 9.37 Å². The molecule has 0 unspecified atom stereocenters. The molecule has 5 rings (SSSR count). The van der Waals surface area contributed by atoms with E-state index in [1.807, 2.05) is 10.6 Å². The van der Waals surface area contributed by atoms with Crippen LogP contribution in [0.15, 0.2) is 53.6 Å². The van der Waals surface area contributed by atoms with Crippen molar-refractivity contribution >= 4 is 5.91 Å². The van der Waals surface area contributed by atoms with Crippen molar-refractivity contribution in [2.24, 2.45) is 5.92 Å². The van der Waals surface area contributed by atoms with E-state index in [2.05, 4.69) is 9.97 Å². The maximum absolute atomic E-state index is 13.3. The van der Waals surface area contributed by atoms with Crippen molar-refractivity contribution < 1.29 is 13.9 Å². The lowest BCUT2D eigenvalue weighted by Crippen LogP contribution is -2.50. The third kappa shape index (κ3) is 3.38. The average molecular weight is 408 g/mol. The molecule has 1 N–H and O–H groups in total. The van der Waals surface area contributed by atoms with Gasteiger partial charge in [0.15, 0.2) is 6.61 Å². The molecule has 1 aromatic carbocycles. The zero-order valence-electron chi connectivity index (χ0n) is 16.3. The highest BCUT2D eigenvalue weighted by molar-refractivity contribution is 5.78. The Hall–Kier alpha value is -3.42. The van der Waals surface area contributed by atoms with Gasteiger partial charge >= 0.3 is 0 Å². The van der Waals surface area contributed by atoms with Gasteiger partial charge in [0.2, 0.25) is 0 Å². The van der Waals surface area contributed by atoms with Crippen molar-refractivity contribution in [1.82, 2.24) is 19.4 Å². The molecular weight excluding hydrogens is 387 g/mol. The smallest absolute Gasteiger partial charge is 0.261 e. The van der Waals surface area contributed by atoms with E-state index in [1.54, 1.807) is 35.5 Å². The molecule has 2 bridgehead atoms. The van der Waals surface area contributed by atoms with Gasteiger partial charge in [-0.2, -0.15) is 0 Å². The Bertz CT molecular complexity index is 1140. The second-order valence-electron chi connectivity index (χ2n) is 7.87. The zero-order valence-corrected chi connectivity index (χ0v) is 16.3. The highest BCUT2D eigenvalue weighted by atomic mass is 19.1. The number of carbonyl (C=O) groups excluding carboxylic acids is 1. The van der Waals surface area contributed by atoms with Crippen LogP contribution in [0.2, 0.25) is 0 Å². The van der Waals surface area contributed by atoms with Gasteiger partial charge in [-0.05, 0) is 36.6 Å². The highest BCUT2D eigenvalue weighted by Crippen LogP contribution is 2.35. The molecular formula is C22H21FN4O3. The van der Waals surface area contributed by atoms with Crippen LogP contribution in [0.3, 0.4) is 0 Å². The van der Waals surface area contributed by atoms with Crippen molar-refractivity contribution in [1.29, 1.82) is 0 Å². The van der Waals surface area contributed by atoms with E-state index in [1.165, 1.54) is 12.1 Å². The van der Waals surface area contributed by atoms with Crippen LogP contribution < -0.4 is 10.3 Å². The summed E-state index contributed by atoms with van der Waals surface area (Å²) in [5, 5.41) is 0. The van der Waals surface area contributed by atoms with Gasteiger partial charge in [0, 0.05) is 49.7 Å². The van der Waals surface area contributed by atoms with Gasteiger partial charge in [0.25, 0.3) is 11.5 Å². The van der Waals surface area contributed by atoms with Gasteiger partial charge in [0.05, 0.1) is 5.56 Å². The number of hydrogen-bond donors (Lipinski definition) is 1. The number of ether oxygens (including phenoxy) is 1. The SMILES string of the molecule is O=C(COc1cccc(F)c1)N1C[C@@H]2C[C@H](C1)c1ccc(-c3ncc[nH]3)c(=O)n1C2. The molecule has 2 aliphatic rings. The van der Waals surface area contributed by atoms with Gasteiger partial charge in [-0.3, -0.25) is 9.59 Å². The molecule has 0 spiro atoms. The molecule has 3 aromatic rings. The summed E-state index contributed by atoms with van der Waals surface area (Å²) in [5.41, 5.74) is 1.46. The summed E-state index contributed by atoms with van der Waals surface area (Å²) in [6, 6.07) is 9.54. The number of aromatic amines is 1. The first kappa shape index (κ1) is 18.6. The molecule has 1 amide bonds. The summed E-state index contributed by atoms with van der Waals surface area (Å²) in [7, 11) is 0. The average Bonchev–Trinajstić information content (AvgIpc) is 3.27. The van der Waals surface area contributed by atoms with Gasteiger partial charge in [-0.15, -0.1) is 0 Å². The van der Waals surface area contributed by atoms with E-state index < -0.39 is 5.82 Å². The van der Waals surface area contributed by atoms with Gasteiger partial charge < -0.3 is 19.2 Å². The molecule has 2 aromatic heterocycles. The first-order chi connectivity index (χ1) is 14.6. The molecule has 1 saturated heterocycles. The normalized spacial score (nSPS) is 20.0. The first-order valence-corrected chi connectivity index (χ1v) is 9.98. The number of amides is 1. The summed E-state index contributed by atoms with van der Waals surface area (Å²) < 4.78 is 20.6. The topological polar surface area (TPSA) is 80.2 Å². The van der Waals surface area contributed by atoms with Crippen LogP contribution in [-0.4, -0.2) is 45.0 Å². The molecule has 4 heterocycles. The number of nitrogens with one attached hydrogen (secondary N) is 1. The maximum Gasteiger partial charge on any atom is 0.261 e. The Balaban J connectivity index is 1.32. The fourth-order valence-corrected chi connectivity index (χ4v) is 4.54.